The molecule has 3 aromatic rings. The van der Waals surface area contributed by atoms with Gasteiger partial charge in [-0.15, -0.1) is 0 Å². The number of sulfonamides is 1. The van der Waals surface area contributed by atoms with Crippen molar-refractivity contribution in [3.63, 3.8) is 0 Å². The number of rotatable bonds is 6. The van der Waals surface area contributed by atoms with Crippen molar-refractivity contribution < 1.29 is 21.6 Å². The minimum atomic E-state index is -5.50. The molecule has 34 heavy (non-hydrogen) atoms. The van der Waals surface area contributed by atoms with Crippen molar-refractivity contribution in [2.75, 3.05) is 11.4 Å². The first-order chi connectivity index (χ1) is 16.1. The van der Waals surface area contributed by atoms with Gasteiger partial charge in [-0.1, -0.05) is 48.5 Å². The molecule has 0 N–H and O–H groups in total. The van der Waals surface area contributed by atoms with Gasteiger partial charge in [-0.05, 0) is 36.5 Å². The Balaban J connectivity index is 1.78. The molecular weight excluding hydrogens is 465 g/mol. The molecule has 1 aliphatic heterocycles. The lowest BCUT2D eigenvalue weighted by molar-refractivity contribution is -0.0492. The Labute approximate surface area is 197 Å². The molecule has 0 saturated heterocycles. The molecule has 1 aliphatic rings. The van der Waals surface area contributed by atoms with Gasteiger partial charge in [0.05, 0.1) is 18.6 Å². The van der Waals surface area contributed by atoms with Gasteiger partial charge >= 0.3 is 15.5 Å². The molecule has 4 rings (SSSR count). The van der Waals surface area contributed by atoms with Crippen molar-refractivity contribution in [1.29, 1.82) is 0 Å². The number of alkyl halides is 3. The monoisotopic (exact) mass is 492 g/mol. The van der Waals surface area contributed by atoms with Crippen LogP contribution in [0.2, 0.25) is 0 Å². The molecule has 0 saturated carbocycles. The van der Waals surface area contributed by atoms with Gasteiger partial charge < -0.3 is 9.47 Å². The third kappa shape index (κ3) is 4.97. The summed E-state index contributed by atoms with van der Waals surface area (Å²) in [6, 6.07) is 14.5. The van der Waals surface area contributed by atoms with Crippen molar-refractivity contribution in [2.45, 2.75) is 44.4 Å². The zero-order valence-electron chi connectivity index (χ0n) is 19.0. The average molecular weight is 493 g/mol. The van der Waals surface area contributed by atoms with Crippen LogP contribution in [-0.2, 0) is 36.6 Å². The fourth-order valence-corrected chi connectivity index (χ4v) is 5.49. The number of benzene rings is 2. The van der Waals surface area contributed by atoms with Crippen LogP contribution in [0.4, 0.5) is 18.9 Å². The summed E-state index contributed by atoms with van der Waals surface area (Å²) in [4.78, 5) is 6.44. The first-order valence-corrected chi connectivity index (χ1v) is 12.4. The molecule has 0 bridgehead atoms. The molecule has 1 atom stereocenters. The van der Waals surface area contributed by atoms with Crippen molar-refractivity contribution >= 4 is 15.7 Å². The second-order valence-corrected chi connectivity index (χ2v) is 10.6. The zero-order chi connectivity index (χ0) is 24.5. The minimum Gasteiger partial charge on any atom is -0.361 e. The molecule has 0 radical (unpaired) electrons. The summed E-state index contributed by atoms with van der Waals surface area (Å²) in [5, 5.41) is 0. The summed E-state index contributed by atoms with van der Waals surface area (Å²) < 4.78 is 68.1. The zero-order valence-corrected chi connectivity index (χ0v) is 19.9. The van der Waals surface area contributed by atoms with Crippen LogP contribution < -0.4 is 4.90 Å². The predicted molar refractivity (Wildman–Crippen MR) is 125 cm³/mol. The van der Waals surface area contributed by atoms with Crippen LogP contribution in [0.3, 0.4) is 0 Å². The Morgan fingerprint density at radius 1 is 1.09 bits per heavy atom. The van der Waals surface area contributed by atoms with Crippen LogP contribution in [0, 0.1) is 6.92 Å². The van der Waals surface area contributed by atoms with Crippen LogP contribution in [0.5, 0.6) is 0 Å². The van der Waals surface area contributed by atoms with E-state index < -0.39 is 21.6 Å². The number of para-hydroxylation sites is 1. The summed E-state index contributed by atoms with van der Waals surface area (Å²) >= 11 is 0. The maximum absolute atomic E-state index is 13.6. The average Bonchev–Trinajstić information content (AvgIpc) is 3.11. The predicted octanol–water partition coefficient (Wildman–Crippen LogP) is 4.40. The Hall–Kier alpha value is -2.85. The Morgan fingerprint density at radius 2 is 1.82 bits per heavy atom. The van der Waals surface area contributed by atoms with Crippen LogP contribution >= 0.6 is 0 Å². The van der Waals surface area contributed by atoms with Crippen molar-refractivity contribution in [3.05, 3.63) is 83.4 Å². The summed E-state index contributed by atoms with van der Waals surface area (Å²) in [7, 11) is -3.65. The molecule has 0 unspecified atom stereocenters. The third-order valence-corrected chi connectivity index (χ3v) is 7.69. The first kappa shape index (κ1) is 24.3. The Kier molecular flexibility index (Phi) is 6.73. The van der Waals surface area contributed by atoms with Gasteiger partial charge in [0, 0.05) is 38.1 Å². The second-order valence-electron chi connectivity index (χ2n) is 8.66. The molecular formula is C24H27F3N4O2S. The molecule has 0 fully saturated rings. The van der Waals surface area contributed by atoms with Gasteiger partial charge in [0.2, 0.25) is 0 Å². The van der Waals surface area contributed by atoms with E-state index in [4.69, 9.17) is 0 Å². The number of aryl methyl sites for hydroxylation is 3. The Morgan fingerprint density at radius 3 is 2.47 bits per heavy atom. The van der Waals surface area contributed by atoms with E-state index in [0.717, 1.165) is 22.5 Å². The van der Waals surface area contributed by atoms with Gasteiger partial charge in [-0.2, -0.15) is 17.5 Å². The molecule has 1 aromatic heterocycles. The lowest BCUT2D eigenvalue weighted by Gasteiger charge is -2.35. The van der Waals surface area contributed by atoms with E-state index in [2.05, 4.69) is 4.98 Å². The highest BCUT2D eigenvalue weighted by Crippen LogP contribution is 2.37. The molecule has 0 amide bonds. The molecule has 2 aromatic carbocycles. The highest BCUT2D eigenvalue weighted by Gasteiger charge is 2.51. The fourth-order valence-electron chi connectivity index (χ4n) is 4.51. The first-order valence-electron chi connectivity index (χ1n) is 11.0. The van der Waals surface area contributed by atoms with E-state index in [1.54, 1.807) is 18.5 Å². The largest absolute Gasteiger partial charge is 0.511 e. The number of aromatic nitrogens is 2. The summed E-state index contributed by atoms with van der Waals surface area (Å²) in [5.41, 5.74) is -1.37. The standard InChI is InChI=1S/C24H27F3N4O2S/c1-18-7-6-10-20-13-30(34(32,33)24(25,26)27)16-22(12-11-19-8-4-3-5-9-19)31(23(18)20)15-21-14-29(2)17-28-21/h3-10,14,17,22H,11-13,15-16H2,1-2H3/t22-/m0/s1. The second kappa shape index (κ2) is 9.42. The summed E-state index contributed by atoms with van der Waals surface area (Å²) in [5.74, 6) is 0. The van der Waals surface area contributed by atoms with Crippen molar-refractivity contribution in [2.24, 2.45) is 7.05 Å². The molecule has 182 valence electrons. The normalized spacial score (nSPS) is 17.4. The third-order valence-electron chi connectivity index (χ3n) is 6.14. The van der Waals surface area contributed by atoms with Crippen molar-refractivity contribution in [3.8, 4) is 0 Å². The number of fused-ring (bicyclic) bond motifs is 1. The van der Waals surface area contributed by atoms with E-state index >= 15 is 0 Å². The summed E-state index contributed by atoms with van der Waals surface area (Å²) in [6.07, 6.45) is 4.62. The van der Waals surface area contributed by atoms with E-state index in [9.17, 15) is 21.6 Å². The highest BCUT2D eigenvalue weighted by atomic mass is 32.2. The van der Waals surface area contributed by atoms with E-state index in [1.807, 2.05) is 66.0 Å². The number of halogens is 3. The quantitative estimate of drug-likeness (QED) is 0.512. The van der Waals surface area contributed by atoms with Crippen molar-refractivity contribution in [1.82, 2.24) is 13.9 Å². The van der Waals surface area contributed by atoms with E-state index in [-0.39, 0.29) is 13.1 Å². The lowest BCUT2D eigenvalue weighted by Crippen LogP contribution is -2.47. The fraction of sp³-hybridized carbons (Fsp3) is 0.375. The van der Waals surface area contributed by atoms with E-state index in [1.165, 1.54) is 0 Å². The molecule has 0 spiro atoms. The molecule has 2 heterocycles. The van der Waals surface area contributed by atoms with Crippen LogP contribution in [0.1, 0.15) is 28.8 Å². The smallest absolute Gasteiger partial charge is 0.361 e. The SMILES string of the molecule is Cc1cccc2c1N(Cc1cn(C)cn1)[C@@H](CCc1ccccc1)CN(S(=O)(=O)C(F)(F)F)C2. The topological polar surface area (TPSA) is 58.4 Å². The number of anilines is 1. The number of hydrogen-bond donors (Lipinski definition) is 0. The van der Waals surface area contributed by atoms with Crippen LogP contribution in [0.25, 0.3) is 0 Å². The minimum absolute atomic E-state index is 0.268. The van der Waals surface area contributed by atoms with Gasteiger partial charge in [0.1, 0.15) is 0 Å². The number of nitrogens with zero attached hydrogens (tertiary/aromatic N) is 4. The number of imidazole rings is 1. The van der Waals surface area contributed by atoms with Crippen LogP contribution in [-0.4, -0.2) is 40.4 Å². The Bertz CT molecular complexity index is 1240. The lowest BCUT2D eigenvalue weighted by atomic mass is 10.0. The molecule has 10 heteroatoms. The highest BCUT2D eigenvalue weighted by molar-refractivity contribution is 7.89. The van der Waals surface area contributed by atoms with Gasteiger partial charge in [0.25, 0.3) is 0 Å². The summed E-state index contributed by atoms with van der Waals surface area (Å²) in [6.45, 7) is 1.65. The molecule has 0 aliphatic carbocycles. The van der Waals surface area contributed by atoms with Gasteiger partial charge in [-0.3, -0.25) is 0 Å². The van der Waals surface area contributed by atoms with Gasteiger partial charge in [-0.25, -0.2) is 13.4 Å². The number of hydrogen-bond acceptors (Lipinski definition) is 4. The maximum atomic E-state index is 13.6. The van der Waals surface area contributed by atoms with E-state index in [0.29, 0.717) is 29.3 Å². The van der Waals surface area contributed by atoms with Crippen LogP contribution in [0.15, 0.2) is 61.1 Å². The molecule has 6 nitrogen and oxygen atoms in total. The van der Waals surface area contributed by atoms with Gasteiger partial charge in [0.15, 0.2) is 0 Å². The maximum Gasteiger partial charge on any atom is 0.511 e.